The molecule has 1 aliphatic carbocycles. The molecule has 1 aromatic carbocycles. The lowest BCUT2D eigenvalue weighted by atomic mass is 9.82. The number of rotatable bonds is 10. The van der Waals surface area contributed by atoms with Crippen LogP contribution in [0.15, 0.2) is 41.8 Å². The molecule has 4 fully saturated rings. The zero-order valence-corrected chi connectivity index (χ0v) is 21.5. The van der Waals surface area contributed by atoms with Gasteiger partial charge in [0.25, 0.3) is 0 Å². The lowest BCUT2D eigenvalue weighted by molar-refractivity contribution is -0.946. The topological polar surface area (TPSA) is 65.0 Å². The van der Waals surface area contributed by atoms with Crippen molar-refractivity contribution < 1.29 is 28.6 Å². The number of methoxy groups -OCH3 is 1. The number of carbonyl (C=O) groups excluding carboxylic acids is 1. The third-order valence-corrected chi connectivity index (χ3v) is 9.55. The Morgan fingerprint density at radius 2 is 1.80 bits per heavy atom. The number of piperidine rings is 3. The highest BCUT2D eigenvalue weighted by Crippen LogP contribution is 2.44. The number of quaternary nitrogens is 1. The van der Waals surface area contributed by atoms with Crippen molar-refractivity contribution in [2.45, 2.75) is 56.7 Å². The zero-order chi connectivity index (χ0) is 24.3. The molecule has 1 N–H and O–H groups in total. The number of aliphatic hydroxyl groups is 1. The number of carbonyl (C=O) groups is 1. The highest BCUT2D eigenvalue weighted by molar-refractivity contribution is 7.10. The summed E-state index contributed by atoms with van der Waals surface area (Å²) >= 11 is 1.46. The van der Waals surface area contributed by atoms with Crippen molar-refractivity contribution in [1.82, 2.24) is 0 Å². The van der Waals surface area contributed by atoms with Crippen molar-refractivity contribution in [2.75, 3.05) is 39.9 Å². The number of hydrogen-bond donors (Lipinski definition) is 1. The molecule has 190 valence electrons. The van der Waals surface area contributed by atoms with Gasteiger partial charge >= 0.3 is 5.97 Å². The molecule has 0 radical (unpaired) electrons. The van der Waals surface area contributed by atoms with Gasteiger partial charge in [0.2, 0.25) is 0 Å². The minimum atomic E-state index is -1.51. The number of benzene rings is 1. The number of esters is 1. The first-order valence-corrected chi connectivity index (χ1v) is 14.0. The molecule has 2 atom stereocenters. The first-order chi connectivity index (χ1) is 17.0. The van der Waals surface area contributed by atoms with E-state index in [9.17, 15) is 9.90 Å². The van der Waals surface area contributed by atoms with Crippen LogP contribution in [-0.4, -0.2) is 61.6 Å². The number of fused-ring (bicyclic) bond motifs is 3. The predicted octanol–water partition coefficient (Wildman–Crippen LogP) is 4.76. The fourth-order valence-corrected chi connectivity index (χ4v) is 7.36. The van der Waals surface area contributed by atoms with Crippen LogP contribution in [0.5, 0.6) is 11.5 Å². The van der Waals surface area contributed by atoms with Gasteiger partial charge in [-0.25, -0.2) is 4.79 Å². The third-order valence-electron chi connectivity index (χ3n) is 8.56. The van der Waals surface area contributed by atoms with Gasteiger partial charge in [0, 0.05) is 36.0 Å². The van der Waals surface area contributed by atoms with Gasteiger partial charge in [-0.1, -0.05) is 18.9 Å². The molecule has 3 saturated heterocycles. The van der Waals surface area contributed by atoms with Crippen molar-refractivity contribution in [1.29, 1.82) is 0 Å². The zero-order valence-electron chi connectivity index (χ0n) is 20.7. The maximum atomic E-state index is 13.6. The lowest BCUT2D eigenvalue weighted by Crippen LogP contribution is -2.65. The Balaban J connectivity index is 1.19. The van der Waals surface area contributed by atoms with E-state index in [1.807, 2.05) is 41.8 Å². The van der Waals surface area contributed by atoms with Gasteiger partial charge in [0.05, 0.1) is 33.4 Å². The largest absolute Gasteiger partial charge is 0.497 e. The minimum Gasteiger partial charge on any atom is -0.497 e. The Morgan fingerprint density at radius 3 is 2.46 bits per heavy atom. The van der Waals surface area contributed by atoms with Crippen LogP contribution >= 0.6 is 11.3 Å². The van der Waals surface area contributed by atoms with E-state index in [1.54, 1.807) is 7.11 Å². The second kappa shape index (κ2) is 10.5. The quantitative estimate of drug-likeness (QED) is 0.290. The standard InChI is InChI=1S/C28H38NO5S/c1-32-23-9-11-24(12-10-23)33-18-5-15-29-16-13-21(14-17-29)25(20-29)34-27(30)28(31,22-6-2-3-7-22)26-8-4-19-35-26/h4,8-12,19,21-22,25,31H,2-3,5-7,13-18,20H2,1H3/q+1/t21?,25-,28+,29?/m0/s1. The maximum absolute atomic E-state index is 13.6. The molecule has 6 nitrogen and oxygen atoms in total. The van der Waals surface area contributed by atoms with Crippen LogP contribution < -0.4 is 9.47 Å². The molecular formula is C28H38NO5S+. The van der Waals surface area contributed by atoms with Gasteiger partial charge in [-0.15, -0.1) is 11.3 Å². The molecule has 35 heavy (non-hydrogen) atoms. The van der Waals surface area contributed by atoms with Crippen molar-refractivity contribution in [3.8, 4) is 11.5 Å². The summed E-state index contributed by atoms with van der Waals surface area (Å²) in [6.45, 7) is 4.82. The van der Waals surface area contributed by atoms with Crippen molar-refractivity contribution in [3.05, 3.63) is 46.7 Å². The number of thiophene rings is 1. The van der Waals surface area contributed by atoms with Crippen LogP contribution in [0.4, 0.5) is 0 Å². The molecule has 4 aliphatic rings. The summed E-state index contributed by atoms with van der Waals surface area (Å²) in [5, 5.41) is 13.7. The third kappa shape index (κ3) is 5.09. The molecule has 2 bridgehead atoms. The van der Waals surface area contributed by atoms with Crippen molar-refractivity contribution in [3.63, 3.8) is 0 Å². The highest BCUT2D eigenvalue weighted by atomic mass is 32.1. The molecule has 7 heteroatoms. The predicted molar refractivity (Wildman–Crippen MR) is 136 cm³/mol. The SMILES string of the molecule is COc1ccc(OCCC[N+]23CCC(CC2)[C@@H](OC(=O)[C@](O)(c2cccs2)C2CCCC2)C3)cc1. The number of hydrogen-bond acceptors (Lipinski definition) is 6. The summed E-state index contributed by atoms with van der Waals surface area (Å²) in [5.74, 6) is 1.62. The van der Waals surface area contributed by atoms with Crippen LogP contribution in [-0.2, 0) is 15.1 Å². The van der Waals surface area contributed by atoms with Crippen LogP contribution in [0.1, 0.15) is 49.8 Å². The summed E-state index contributed by atoms with van der Waals surface area (Å²) in [6, 6.07) is 11.5. The van der Waals surface area contributed by atoms with Crippen LogP contribution in [0.25, 0.3) is 0 Å². The van der Waals surface area contributed by atoms with Crippen molar-refractivity contribution in [2.24, 2.45) is 11.8 Å². The van der Waals surface area contributed by atoms with E-state index in [0.717, 1.165) is 92.0 Å². The molecule has 1 aromatic heterocycles. The Labute approximate surface area is 212 Å². The Morgan fingerprint density at radius 1 is 1.09 bits per heavy atom. The summed E-state index contributed by atoms with van der Waals surface area (Å²) in [6.07, 6.45) is 6.90. The van der Waals surface area contributed by atoms with E-state index in [4.69, 9.17) is 14.2 Å². The fourth-order valence-electron chi connectivity index (χ4n) is 6.47. The van der Waals surface area contributed by atoms with Crippen LogP contribution in [0, 0.1) is 11.8 Å². The average molecular weight is 501 g/mol. The molecule has 2 aromatic rings. The van der Waals surface area contributed by atoms with E-state index in [-0.39, 0.29) is 12.0 Å². The summed E-state index contributed by atoms with van der Waals surface area (Å²) in [7, 11) is 1.66. The monoisotopic (exact) mass is 500 g/mol. The molecule has 0 unspecified atom stereocenters. The molecular weight excluding hydrogens is 462 g/mol. The molecule has 0 amide bonds. The van der Waals surface area contributed by atoms with Gasteiger partial charge in [-0.2, -0.15) is 0 Å². The van der Waals surface area contributed by atoms with Gasteiger partial charge in [0.1, 0.15) is 18.0 Å². The fraction of sp³-hybridized carbons (Fsp3) is 0.607. The van der Waals surface area contributed by atoms with Gasteiger partial charge in [-0.3, -0.25) is 0 Å². The second-order valence-electron chi connectivity index (χ2n) is 10.6. The number of ether oxygens (including phenoxy) is 3. The molecule has 4 heterocycles. The van der Waals surface area contributed by atoms with Gasteiger partial charge in [0.15, 0.2) is 11.7 Å². The normalized spacial score (nSPS) is 27.9. The molecule has 3 aliphatic heterocycles. The first-order valence-electron chi connectivity index (χ1n) is 13.1. The molecule has 1 saturated carbocycles. The lowest BCUT2D eigenvalue weighted by Gasteiger charge is -2.52. The van der Waals surface area contributed by atoms with E-state index < -0.39 is 11.6 Å². The van der Waals surface area contributed by atoms with Crippen LogP contribution in [0.2, 0.25) is 0 Å². The first kappa shape index (κ1) is 24.6. The number of nitrogens with zero attached hydrogens (tertiary/aromatic N) is 1. The Hall–Kier alpha value is -2.09. The maximum Gasteiger partial charge on any atom is 0.344 e. The van der Waals surface area contributed by atoms with E-state index in [1.165, 1.54) is 11.3 Å². The molecule has 6 rings (SSSR count). The summed E-state index contributed by atoms with van der Waals surface area (Å²) in [5.41, 5.74) is -1.51. The molecule has 0 spiro atoms. The highest BCUT2D eigenvalue weighted by Gasteiger charge is 2.53. The van der Waals surface area contributed by atoms with Crippen LogP contribution in [0.3, 0.4) is 0 Å². The van der Waals surface area contributed by atoms with E-state index >= 15 is 0 Å². The smallest absolute Gasteiger partial charge is 0.344 e. The summed E-state index contributed by atoms with van der Waals surface area (Å²) < 4.78 is 18.4. The van der Waals surface area contributed by atoms with Gasteiger partial charge in [-0.05, 0) is 48.6 Å². The summed E-state index contributed by atoms with van der Waals surface area (Å²) in [4.78, 5) is 14.3. The van der Waals surface area contributed by atoms with Crippen molar-refractivity contribution >= 4 is 17.3 Å². The van der Waals surface area contributed by atoms with E-state index in [2.05, 4.69) is 0 Å². The Bertz CT molecular complexity index is 964. The van der Waals surface area contributed by atoms with Gasteiger partial charge < -0.3 is 23.8 Å². The second-order valence-corrected chi connectivity index (χ2v) is 11.5. The Kier molecular flexibility index (Phi) is 7.37. The average Bonchev–Trinajstić information content (AvgIpc) is 3.63. The van der Waals surface area contributed by atoms with E-state index in [0.29, 0.717) is 12.5 Å². The minimum absolute atomic E-state index is 0.0482.